The van der Waals surface area contributed by atoms with Crippen LogP contribution in [0.3, 0.4) is 0 Å². The molecule has 0 radical (unpaired) electrons. The van der Waals surface area contributed by atoms with E-state index < -0.39 is 0 Å². The SMILES string of the molecule is c1ccc(-c2nc(-c3ccccc3-c3ccccc3)nc(-c3ccccc3-n3c4ccccc4c4cc5cc(-n6c7ccccc7c7cc8ccccc8cc76)ccc5cc43)n2)cc1. The highest BCUT2D eigenvalue weighted by Gasteiger charge is 2.21. The van der Waals surface area contributed by atoms with E-state index in [1.165, 1.54) is 48.7 Å². The van der Waals surface area contributed by atoms with Crippen LogP contribution in [0.2, 0.25) is 0 Å². The van der Waals surface area contributed by atoms with Crippen LogP contribution in [0.4, 0.5) is 0 Å². The smallest absolute Gasteiger partial charge is 0.166 e. The summed E-state index contributed by atoms with van der Waals surface area (Å²) in [6.45, 7) is 0. The third-order valence-corrected chi connectivity index (χ3v) is 12.7. The van der Waals surface area contributed by atoms with Crippen LogP contribution < -0.4 is 0 Å². The predicted molar refractivity (Wildman–Crippen MR) is 265 cm³/mol. The molecule has 5 nitrogen and oxygen atoms in total. The maximum Gasteiger partial charge on any atom is 0.166 e. The third-order valence-electron chi connectivity index (χ3n) is 12.7. The Bertz CT molecular complexity index is 3960. The molecular formula is C59H37N5. The Morgan fingerprint density at radius 1 is 0.266 bits per heavy atom. The zero-order chi connectivity index (χ0) is 42.1. The Balaban J connectivity index is 1.01. The topological polar surface area (TPSA) is 48.5 Å². The molecule has 0 N–H and O–H groups in total. The molecule has 13 rings (SSSR count). The molecule has 0 aliphatic carbocycles. The highest BCUT2D eigenvalue weighted by Crippen LogP contribution is 2.41. The molecule has 0 saturated heterocycles. The first kappa shape index (κ1) is 36.0. The summed E-state index contributed by atoms with van der Waals surface area (Å²) in [7, 11) is 0. The van der Waals surface area contributed by atoms with Crippen LogP contribution in [0.5, 0.6) is 0 Å². The lowest BCUT2D eigenvalue weighted by atomic mass is 9.99. The van der Waals surface area contributed by atoms with E-state index in [9.17, 15) is 0 Å². The summed E-state index contributed by atoms with van der Waals surface area (Å²) >= 11 is 0. The molecule has 0 aliphatic rings. The lowest BCUT2D eigenvalue weighted by Gasteiger charge is -2.15. The third kappa shape index (κ3) is 5.75. The van der Waals surface area contributed by atoms with Gasteiger partial charge in [0.2, 0.25) is 0 Å². The Kier molecular flexibility index (Phi) is 8.15. The molecule has 0 spiro atoms. The van der Waals surface area contributed by atoms with Crippen molar-refractivity contribution >= 4 is 65.2 Å². The van der Waals surface area contributed by atoms with Crippen LogP contribution in [-0.4, -0.2) is 24.1 Å². The van der Waals surface area contributed by atoms with Gasteiger partial charge in [-0.15, -0.1) is 0 Å². The normalized spacial score (nSPS) is 11.8. The number of benzene rings is 10. The standard InChI is InChI=1S/C59H37N5/c1-3-17-38(18-4-1)45-23-9-10-26-48(45)58-60-57(39-19-5-2-6-20-39)61-59(62-58)49-27-13-16-30-54(49)64-53-29-15-12-25-47(53)51-35-43-33-44(32-31-42(43)37-56(51)64)63-52-28-14-11-24-46(52)50-34-40-21-7-8-22-41(40)36-55(50)63/h1-37H. The molecule has 13 aromatic rings. The van der Waals surface area contributed by atoms with E-state index in [0.29, 0.717) is 17.5 Å². The molecule has 3 aromatic heterocycles. The van der Waals surface area contributed by atoms with Gasteiger partial charge in [-0.05, 0) is 93.3 Å². The second kappa shape index (κ2) is 14.5. The van der Waals surface area contributed by atoms with Gasteiger partial charge in [0.1, 0.15) is 0 Å². The molecule has 0 amide bonds. The molecular weight excluding hydrogens is 779 g/mol. The Labute approximate surface area is 368 Å². The second-order valence-corrected chi connectivity index (χ2v) is 16.4. The fourth-order valence-corrected chi connectivity index (χ4v) is 9.77. The minimum absolute atomic E-state index is 0.609. The van der Waals surface area contributed by atoms with Crippen molar-refractivity contribution in [3.63, 3.8) is 0 Å². The van der Waals surface area contributed by atoms with Gasteiger partial charge in [-0.1, -0.05) is 164 Å². The minimum Gasteiger partial charge on any atom is -0.309 e. The first-order valence-corrected chi connectivity index (χ1v) is 21.7. The first-order valence-electron chi connectivity index (χ1n) is 21.7. The van der Waals surface area contributed by atoms with Gasteiger partial charge in [0.25, 0.3) is 0 Å². The van der Waals surface area contributed by atoms with Crippen LogP contribution in [0, 0.1) is 0 Å². The summed E-state index contributed by atoms with van der Waals surface area (Å²) in [5, 5.41) is 9.70. The summed E-state index contributed by atoms with van der Waals surface area (Å²) in [5.74, 6) is 1.86. The number of aromatic nitrogens is 5. The van der Waals surface area contributed by atoms with Crippen molar-refractivity contribution in [1.82, 2.24) is 24.1 Å². The molecule has 298 valence electrons. The Morgan fingerprint density at radius 2 is 0.750 bits per heavy atom. The van der Waals surface area contributed by atoms with Gasteiger partial charge in [0, 0.05) is 43.9 Å². The molecule has 0 fully saturated rings. The fourth-order valence-electron chi connectivity index (χ4n) is 9.77. The molecule has 5 heteroatoms. The van der Waals surface area contributed by atoms with Crippen molar-refractivity contribution in [2.24, 2.45) is 0 Å². The molecule has 64 heavy (non-hydrogen) atoms. The van der Waals surface area contributed by atoms with E-state index in [4.69, 9.17) is 15.0 Å². The zero-order valence-electron chi connectivity index (χ0n) is 34.6. The van der Waals surface area contributed by atoms with Crippen LogP contribution in [0.25, 0.3) is 122 Å². The van der Waals surface area contributed by atoms with E-state index in [0.717, 1.165) is 55.6 Å². The van der Waals surface area contributed by atoms with E-state index >= 15 is 0 Å². The van der Waals surface area contributed by atoms with Gasteiger partial charge in [0.05, 0.1) is 27.8 Å². The average molecular weight is 816 g/mol. The number of hydrogen-bond acceptors (Lipinski definition) is 3. The predicted octanol–water partition coefficient (Wildman–Crippen LogP) is 15.0. The van der Waals surface area contributed by atoms with Gasteiger partial charge in [0.15, 0.2) is 17.5 Å². The summed E-state index contributed by atoms with van der Waals surface area (Å²) in [6.07, 6.45) is 0. The van der Waals surface area contributed by atoms with E-state index in [1.54, 1.807) is 0 Å². The van der Waals surface area contributed by atoms with Crippen molar-refractivity contribution in [2.75, 3.05) is 0 Å². The zero-order valence-corrected chi connectivity index (χ0v) is 34.6. The van der Waals surface area contributed by atoms with Gasteiger partial charge in [-0.2, -0.15) is 0 Å². The Morgan fingerprint density at radius 3 is 1.47 bits per heavy atom. The maximum atomic E-state index is 5.32. The van der Waals surface area contributed by atoms with Crippen LogP contribution >= 0.6 is 0 Å². The number of para-hydroxylation sites is 3. The van der Waals surface area contributed by atoms with Gasteiger partial charge in [-0.3, -0.25) is 0 Å². The summed E-state index contributed by atoms with van der Waals surface area (Å²) in [4.78, 5) is 15.7. The lowest BCUT2D eigenvalue weighted by Crippen LogP contribution is -2.04. The number of fused-ring (bicyclic) bond motifs is 8. The summed E-state index contributed by atoms with van der Waals surface area (Å²) in [6, 6.07) is 79.9. The minimum atomic E-state index is 0.609. The molecule has 0 aliphatic heterocycles. The average Bonchev–Trinajstić information content (AvgIpc) is 3.86. The van der Waals surface area contributed by atoms with Crippen molar-refractivity contribution in [3.05, 3.63) is 224 Å². The fraction of sp³-hybridized carbons (Fsp3) is 0. The molecule has 0 bridgehead atoms. The van der Waals surface area contributed by atoms with Gasteiger partial charge in [-0.25, -0.2) is 15.0 Å². The van der Waals surface area contributed by atoms with Gasteiger partial charge < -0.3 is 9.13 Å². The van der Waals surface area contributed by atoms with Gasteiger partial charge >= 0.3 is 0 Å². The first-order chi connectivity index (χ1) is 31.7. The quantitative estimate of drug-likeness (QED) is 0.168. The summed E-state index contributed by atoms with van der Waals surface area (Å²) < 4.78 is 4.81. The molecule has 0 atom stereocenters. The second-order valence-electron chi connectivity index (χ2n) is 16.4. The maximum absolute atomic E-state index is 5.32. The number of nitrogens with zero attached hydrogens (tertiary/aromatic N) is 5. The highest BCUT2D eigenvalue weighted by atomic mass is 15.1. The molecule has 0 unspecified atom stereocenters. The largest absolute Gasteiger partial charge is 0.309 e. The monoisotopic (exact) mass is 815 g/mol. The van der Waals surface area contributed by atoms with Crippen molar-refractivity contribution in [2.45, 2.75) is 0 Å². The molecule has 10 aromatic carbocycles. The molecule has 3 heterocycles. The van der Waals surface area contributed by atoms with Crippen LogP contribution in [0.1, 0.15) is 0 Å². The van der Waals surface area contributed by atoms with E-state index in [-0.39, 0.29) is 0 Å². The Hall–Kier alpha value is -8.67. The van der Waals surface area contributed by atoms with Crippen molar-refractivity contribution in [1.29, 1.82) is 0 Å². The van der Waals surface area contributed by atoms with Crippen LogP contribution in [0.15, 0.2) is 224 Å². The number of hydrogen-bond donors (Lipinski definition) is 0. The van der Waals surface area contributed by atoms with Crippen molar-refractivity contribution in [3.8, 4) is 56.7 Å². The highest BCUT2D eigenvalue weighted by molar-refractivity contribution is 6.16. The lowest BCUT2D eigenvalue weighted by molar-refractivity contribution is 1.06. The summed E-state index contributed by atoms with van der Waals surface area (Å²) in [5.41, 5.74) is 11.7. The van der Waals surface area contributed by atoms with E-state index in [1.807, 2.05) is 24.3 Å². The van der Waals surface area contributed by atoms with Crippen LogP contribution in [-0.2, 0) is 0 Å². The molecule has 0 saturated carbocycles. The number of rotatable bonds is 6. The van der Waals surface area contributed by atoms with Crippen molar-refractivity contribution < 1.29 is 0 Å². The van der Waals surface area contributed by atoms with E-state index in [2.05, 4.69) is 209 Å².